The summed E-state index contributed by atoms with van der Waals surface area (Å²) in [6, 6.07) is 6.67. The quantitative estimate of drug-likeness (QED) is 0.542. The van der Waals surface area contributed by atoms with Gasteiger partial charge in [0.1, 0.15) is 12.3 Å². The summed E-state index contributed by atoms with van der Waals surface area (Å²) in [6.45, 7) is 4.35. The molecule has 1 amide bonds. The van der Waals surface area contributed by atoms with Gasteiger partial charge in [0.05, 0.1) is 17.2 Å². The van der Waals surface area contributed by atoms with Crippen LogP contribution in [0.25, 0.3) is 11.4 Å². The topological polar surface area (TPSA) is 81.1 Å². The molecule has 3 aromatic heterocycles. The van der Waals surface area contributed by atoms with Gasteiger partial charge in [-0.15, -0.1) is 0 Å². The van der Waals surface area contributed by atoms with Crippen LogP contribution in [0.3, 0.4) is 0 Å². The predicted molar refractivity (Wildman–Crippen MR) is 118 cm³/mol. The summed E-state index contributed by atoms with van der Waals surface area (Å²) in [5.74, 6) is 0.230. The van der Waals surface area contributed by atoms with Gasteiger partial charge in [0.25, 0.3) is 5.91 Å². The number of aromatic nitrogens is 4. The van der Waals surface area contributed by atoms with Gasteiger partial charge in [0.15, 0.2) is 5.82 Å². The molecule has 2 unspecified atom stereocenters. The molecule has 4 heterocycles. The molecular formula is C24H24F3N5O2. The zero-order chi connectivity index (χ0) is 24.3. The molecule has 0 radical (unpaired) electrons. The van der Waals surface area contributed by atoms with Crippen molar-refractivity contribution in [3.8, 4) is 17.3 Å². The number of alkyl halides is 3. The third kappa shape index (κ3) is 5.32. The third-order valence-electron chi connectivity index (χ3n) is 5.73. The van der Waals surface area contributed by atoms with Gasteiger partial charge in [-0.3, -0.25) is 4.79 Å². The Balaban J connectivity index is 1.59. The van der Waals surface area contributed by atoms with Crippen LogP contribution < -0.4 is 4.74 Å². The largest absolute Gasteiger partial charge is 0.475 e. The van der Waals surface area contributed by atoms with Crippen molar-refractivity contribution >= 4 is 5.91 Å². The molecule has 1 aliphatic rings. The second-order valence-corrected chi connectivity index (χ2v) is 8.41. The lowest BCUT2D eigenvalue weighted by Crippen LogP contribution is -2.49. The van der Waals surface area contributed by atoms with E-state index >= 15 is 0 Å². The third-order valence-corrected chi connectivity index (χ3v) is 5.73. The average Bonchev–Trinajstić information content (AvgIpc) is 2.83. The molecule has 7 nitrogen and oxygen atoms in total. The summed E-state index contributed by atoms with van der Waals surface area (Å²) < 4.78 is 44.7. The molecule has 1 aliphatic heterocycles. The van der Waals surface area contributed by atoms with Crippen LogP contribution in [-0.2, 0) is 6.18 Å². The highest BCUT2D eigenvalue weighted by atomic mass is 19.4. The summed E-state index contributed by atoms with van der Waals surface area (Å²) in [5.41, 5.74) is 0.601. The molecule has 34 heavy (non-hydrogen) atoms. The Kier molecular flexibility index (Phi) is 6.76. The monoisotopic (exact) mass is 471 g/mol. The lowest BCUT2D eigenvalue weighted by atomic mass is 9.93. The summed E-state index contributed by atoms with van der Waals surface area (Å²) in [4.78, 5) is 32.3. The maximum Gasteiger partial charge on any atom is 0.416 e. The van der Waals surface area contributed by atoms with E-state index in [1.54, 1.807) is 42.4 Å². The highest BCUT2D eigenvalue weighted by Gasteiger charge is 2.34. The normalized spacial score (nSPS) is 18.6. The van der Waals surface area contributed by atoms with Gasteiger partial charge < -0.3 is 9.64 Å². The fourth-order valence-corrected chi connectivity index (χ4v) is 3.95. The molecule has 0 saturated carbocycles. The summed E-state index contributed by atoms with van der Waals surface area (Å²) in [6.07, 6.45) is 1.28. The standard InChI is InChI=1S/C24H24F3N5O2/c1-15-4-6-18(14-34-20-12-17(8-11-28-20)24(25,26)27)32(13-15)23(33)21-19(7-5-16(2)31-21)22-29-9-3-10-30-22/h3,5,7-12,15,18H,4,6,13-14H2,1-2H3. The molecule has 0 aliphatic carbocycles. The van der Waals surface area contributed by atoms with Crippen molar-refractivity contribution < 1.29 is 22.7 Å². The highest BCUT2D eigenvalue weighted by Crippen LogP contribution is 2.31. The van der Waals surface area contributed by atoms with Gasteiger partial charge in [-0.25, -0.2) is 19.9 Å². The number of ether oxygens (including phenoxy) is 1. The van der Waals surface area contributed by atoms with E-state index in [2.05, 4.69) is 26.9 Å². The Labute approximate surface area is 195 Å². The summed E-state index contributed by atoms with van der Waals surface area (Å²) in [7, 11) is 0. The van der Waals surface area contributed by atoms with Gasteiger partial charge in [-0.1, -0.05) is 6.92 Å². The van der Waals surface area contributed by atoms with Crippen molar-refractivity contribution in [1.29, 1.82) is 0 Å². The fourth-order valence-electron chi connectivity index (χ4n) is 3.95. The van der Waals surface area contributed by atoms with E-state index in [0.29, 0.717) is 30.0 Å². The minimum absolute atomic E-state index is 0.0236. The number of amides is 1. The number of rotatable bonds is 5. The van der Waals surface area contributed by atoms with Gasteiger partial charge in [0.2, 0.25) is 5.88 Å². The van der Waals surface area contributed by atoms with E-state index in [4.69, 9.17) is 4.74 Å². The smallest absolute Gasteiger partial charge is 0.416 e. The molecule has 2 atom stereocenters. The lowest BCUT2D eigenvalue weighted by molar-refractivity contribution is -0.137. The van der Waals surface area contributed by atoms with Crippen LogP contribution in [0.1, 0.15) is 41.5 Å². The Morgan fingerprint density at radius 2 is 1.88 bits per heavy atom. The summed E-state index contributed by atoms with van der Waals surface area (Å²) in [5, 5.41) is 0. The molecule has 0 spiro atoms. The Hall–Kier alpha value is -3.56. The molecule has 3 aromatic rings. The van der Waals surface area contributed by atoms with Gasteiger partial charge in [-0.05, 0) is 49.9 Å². The maximum absolute atomic E-state index is 13.7. The number of piperidine rings is 1. The zero-order valence-corrected chi connectivity index (χ0v) is 18.8. The number of pyridine rings is 2. The first kappa shape index (κ1) is 23.6. The second-order valence-electron chi connectivity index (χ2n) is 8.41. The predicted octanol–water partition coefficient (Wildman–Crippen LogP) is 4.58. The minimum Gasteiger partial charge on any atom is -0.475 e. The number of carbonyl (C=O) groups excluding carboxylic acids is 1. The SMILES string of the molecule is Cc1ccc(-c2ncccn2)c(C(=O)N2CC(C)CCC2COc2cc(C(F)(F)F)ccn2)n1. The Morgan fingerprint density at radius 3 is 2.62 bits per heavy atom. The van der Waals surface area contributed by atoms with Crippen molar-refractivity contribution in [2.75, 3.05) is 13.2 Å². The minimum atomic E-state index is -4.49. The van der Waals surface area contributed by atoms with Crippen LogP contribution in [0.5, 0.6) is 5.88 Å². The maximum atomic E-state index is 13.7. The molecule has 0 aromatic carbocycles. The number of nitrogens with zero attached hydrogens (tertiary/aromatic N) is 5. The first-order chi connectivity index (χ1) is 16.2. The van der Waals surface area contributed by atoms with Crippen molar-refractivity contribution in [2.45, 2.75) is 38.9 Å². The van der Waals surface area contributed by atoms with E-state index in [1.165, 1.54) is 0 Å². The number of hydrogen-bond donors (Lipinski definition) is 0. The molecule has 10 heteroatoms. The highest BCUT2D eigenvalue weighted by molar-refractivity contribution is 5.98. The number of carbonyl (C=O) groups is 1. The first-order valence-corrected chi connectivity index (χ1v) is 10.9. The van der Waals surface area contributed by atoms with E-state index in [-0.39, 0.29) is 36.0 Å². The lowest BCUT2D eigenvalue weighted by Gasteiger charge is -2.38. The number of halogens is 3. The molecule has 4 rings (SSSR count). The zero-order valence-electron chi connectivity index (χ0n) is 18.8. The van der Waals surface area contributed by atoms with Crippen molar-refractivity contribution in [2.24, 2.45) is 5.92 Å². The van der Waals surface area contributed by atoms with E-state index in [0.717, 1.165) is 24.8 Å². The van der Waals surface area contributed by atoms with Crippen LogP contribution in [0.4, 0.5) is 13.2 Å². The van der Waals surface area contributed by atoms with Crippen molar-refractivity contribution in [3.05, 3.63) is 65.9 Å². The Morgan fingerprint density at radius 1 is 1.12 bits per heavy atom. The van der Waals surface area contributed by atoms with E-state index < -0.39 is 11.7 Å². The van der Waals surface area contributed by atoms with Crippen molar-refractivity contribution in [3.63, 3.8) is 0 Å². The molecule has 178 valence electrons. The summed E-state index contributed by atoms with van der Waals surface area (Å²) >= 11 is 0. The molecule has 1 saturated heterocycles. The Bertz CT molecular complexity index is 1160. The number of hydrogen-bond acceptors (Lipinski definition) is 6. The van der Waals surface area contributed by atoms with Crippen LogP contribution in [0.15, 0.2) is 48.9 Å². The van der Waals surface area contributed by atoms with Gasteiger partial charge in [-0.2, -0.15) is 13.2 Å². The van der Waals surface area contributed by atoms with Crippen LogP contribution in [0.2, 0.25) is 0 Å². The second kappa shape index (κ2) is 9.74. The molecular weight excluding hydrogens is 447 g/mol. The van der Waals surface area contributed by atoms with Gasteiger partial charge >= 0.3 is 6.18 Å². The number of likely N-dealkylation sites (tertiary alicyclic amines) is 1. The fraction of sp³-hybridized carbons (Fsp3) is 0.375. The number of aryl methyl sites for hydroxylation is 1. The van der Waals surface area contributed by atoms with Crippen LogP contribution >= 0.6 is 0 Å². The first-order valence-electron chi connectivity index (χ1n) is 10.9. The van der Waals surface area contributed by atoms with E-state index in [9.17, 15) is 18.0 Å². The van der Waals surface area contributed by atoms with Gasteiger partial charge in [0, 0.05) is 36.9 Å². The molecule has 0 N–H and O–H groups in total. The molecule has 1 fully saturated rings. The van der Waals surface area contributed by atoms with E-state index in [1.807, 2.05) is 0 Å². The average molecular weight is 471 g/mol. The van der Waals surface area contributed by atoms with Crippen LogP contribution in [0, 0.1) is 12.8 Å². The van der Waals surface area contributed by atoms with Crippen molar-refractivity contribution in [1.82, 2.24) is 24.8 Å². The van der Waals surface area contributed by atoms with Crippen LogP contribution in [-0.4, -0.2) is 49.9 Å². The molecule has 0 bridgehead atoms.